The third kappa shape index (κ3) is 2.19. The smallest absolute Gasteiger partial charge is 0.309 e. The number of hydrogen-bond donors (Lipinski definition) is 1. The first-order chi connectivity index (χ1) is 4.11. The van der Waals surface area contributed by atoms with E-state index in [1.165, 1.54) is 6.08 Å². The molecular weight excluding hydrogens is 167 g/mol. The van der Waals surface area contributed by atoms with Gasteiger partial charge < -0.3 is 5.32 Å². The Balaban J connectivity index is 0.000000810. The molecule has 0 bridgehead atoms. The standard InChI is InChI=1S/C5H6F3N.ClH/c6-5(7,8)4-1-2-9-3-4;/h1,9H,2-3H2;1H. The highest BCUT2D eigenvalue weighted by Crippen LogP contribution is 2.25. The summed E-state index contributed by atoms with van der Waals surface area (Å²) < 4.78 is 35.0. The molecule has 1 nitrogen and oxygen atoms in total. The molecule has 0 aromatic rings. The third-order valence-corrected chi connectivity index (χ3v) is 1.17. The minimum absolute atomic E-state index is 0. The molecule has 5 heteroatoms. The Morgan fingerprint density at radius 3 is 2.20 bits per heavy atom. The van der Waals surface area contributed by atoms with Gasteiger partial charge in [0, 0.05) is 18.7 Å². The number of nitrogens with one attached hydrogen (secondary N) is 1. The first kappa shape index (κ1) is 9.78. The van der Waals surface area contributed by atoms with Crippen molar-refractivity contribution in [2.75, 3.05) is 13.1 Å². The molecule has 0 aromatic carbocycles. The van der Waals surface area contributed by atoms with Crippen LogP contribution in [0.15, 0.2) is 11.6 Å². The van der Waals surface area contributed by atoms with Crippen molar-refractivity contribution in [3.05, 3.63) is 11.6 Å². The van der Waals surface area contributed by atoms with Gasteiger partial charge in [0.2, 0.25) is 0 Å². The zero-order chi connectivity index (χ0) is 6.91. The third-order valence-electron chi connectivity index (χ3n) is 1.17. The second-order valence-corrected chi connectivity index (χ2v) is 1.86. The molecule has 1 aliphatic heterocycles. The molecular formula is C5H7ClF3N. The highest BCUT2D eigenvalue weighted by molar-refractivity contribution is 5.85. The topological polar surface area (TPSA) is 12.0 Å². The van der Waals surface area contributed by atoms with Crippen LogP contribution >= 0.6 is 12.4 Å². The van der Waals surface area contributed by atoms with Gasteiger partial charge in [-0.2, -0.15) is 13.2 Å². The van der Waals surface area contributed by atoms with Crippen LogP contribution in [0, 0.1) is 0 Å². The maximum Gasteiger partial charge on any atom is 0.413 e. The zero-order valence-electron chi connectivity index (χ0n) is 5.03. The van der Waals surface area contributed by atoms with E-state index in [1.807, 2.05) is 0 Å². The summed E-state index contributed by atoms with van der Waals surface area (Å²) in [7, 11) is 0. The fourth-order valence-electron chi connectivity index (χ4n) is 0.690. The minimum atomic E-state index is -4.12. The van der Waals surface area contributed by atoms with Gasteiger partial charge in [-0.15, -0.1) is 12.4 Å². The molecule has 0 atom stereocenters. The molecule has 1 aliphatic rings. The van der Waals surface area contributed by atoms with E-state index >= 15 is 0 Å². The quantitative estimate of drug-likeness (QED) is 0.548. The van der Waals surface area contributed by atoms with Crippen molar-refractivity contribution in [1.82, 2.24) is 5.32 Å². The van der Waals surface area contributed by atoms with Gasteiger partial charge >= 0.3 is 6.18 Å². The molecule has 0 radical (unpaired) electrons. The molecule has 0 saturated carbocycles. The summed E-state index contributed by atoms with van der Waals surface area (Å²) in [6.45, 7) is 0.304. The molecule has 0 amide bonds. The van der Waals surface area contributed by atoms with Gasteiger partial charge in [0.25, 0.3) is 0 Å². The fraction of sp³-hybridized carbons (Fsp3) is 0.600. The maximum absolute atomic E-state index is 11.7. The van der Waals surface area contributed by atoms with Crippen LogP contribution in [-0.2, 0) is 0 Å². The van der Waals surface area contributed by atoms with Crippen molar-refractivity contribution in [2.24, 2.45) is 0 Å². The maximum atomic E-state index is 11.7. The highest BCUT2D eigenvalue weighted by atomic mass is 35.5. The lowest BCUT2D eigenvalue weighted by atomic mass is 10.3. The summed E-state index contributed by atoms with van der Waals surface area (Å²) in [4.78, 5) is 0. The van der Waals surface area contributed by atoms with Gasteiger partial charge in [0.15, 0.2) is 0 Å². The fourth-order valence-corrected chi connectivity index (χ4v) is 0.690. The van der Waals surface area contributed by atoms with E-state index in [-0.39, 0.29) is 19.0 Å². The van der Waals surface area contributed by atoms with Gasteiger partial charge in [-0.3, -0.25) is 0 Å². The average Bonchev–Trinajstić information content (AvgIpc) is 2.08. The molecule has 10 heavy (non-hydrogen) atoms. The van der Waals surface area contributed by atoms with Crippen LogP contribution in [0.2, 0.25) is 0 Å². The van der Waals surface area contributed by atoms with E-state index < -0.39 is 11.7 Å². The van der Waals surface area contributed by atoms with Gasteiger partial charge in [-0.1, -0.05) is 6.08 Å². The van der Waals surface area contributed by atoms with Crippen molar-refractivity contribution >= 4 is 12.4 Å². The molecule has 60 valence electrons. The molecule has 0 spiro atoms. The summed E-state index contributed by atoms with van der Waals surface area (Å²) >= 11 is 0. The monoisotopic (exact) mass is 173 g/mol. The van der Waals surface area contributed by atoms with Crippen LogP contribution < -0.4 is 5.32 Å². The van der Waals surface area contributed by atoms with Crippen LogP contribution in [0.3, 0.4) is 0 Å². The van der Waals surface area contributed by atoms with Crippen molar-refractivity contribution in [2.45, 2.75) is 6.18 Å². The van der Waals surface area contributed by atoms with Gasteiger partial charge in [0.05, 0.1) is 0 Å². The zero-order valence-corrected chi connectivity index (χ0v) is 5.85. The van der Waals surface area contributed by atoms with Gasteiger partial charge in [0.1, 0.15) is 0 Å². The molecule has 0 aromatic heterocycles. The Bertz CT molecular complexity index is 140. The minimum Gasteiger partial charge on any atom is -0.309 e. The van der Waals surface area contributed by atoms with E-state index in [9.17, 15) is 13.2 Å². The van der Waals surface area contributed by atoms with Gasteiger partial charge in [-0.05, 0) is 0 Å². The molecule has 1 rings (SSSR count). The van der Waals surface area contributed by atoms with Crippen molar-refractivity contribution < 1.29 is 13.2 Å². The Hall–Kier alpha value is -0.220. The Morgan fingerprint density at radius 1 is 1.40 bits per heavy atom. The molecule has 0 unspecified atom stereocenters. The van der Waals surface area contributed by atoms with E-state index in [1.54, 1.807) is 0 Å². The first-order valence-corrected chi connectivity index (χ1v) is 2.57. The second kappa shape index (κ2) is 3.25. The summed E-state index contributed by atoms with van der Waals surface area (Å²) in [6.07, 6.45) is -2.95. The van der Waals surface area contributed by atoms with E-state index in [0.29, 0.717) is 6.54 Å². The Labute approximate surface area is 62.7 Å². The lowest BCUT2D eigenvalue weighted by Crippen LogP contribution is -2.17. The number of rotatable bonds is 0. The van der Waals surface area contributed by atoms with Crippen molar-refractivity contribution in [3.8, 4) is 0 Å². The molecule has 0 aliphatic carbocycles. The average molecular weight is 174 g/mol. The van der Waals surface area contributed by atoms with Crippen LogP contribution in [-0.4, -0.2) is 19.3 Å². The number of alkyl halides is 3. The van der Waals surface area contributed by atoms with E-state index in [0.717, 1.165) is 0 Å². The summed E-state index contributed by atoms with van der Waals surface area (Å²) in [5.74, 6) is 0. The van der Waals surface area contributed by atoms with Gasteiger partial charge in [-0.25, -0.2) is 0 Å². The normalized spacial score (nSPS) is 18.1. The lowest BCUT2D eigenvalue weighted by Gasteiger charge is -2.04. The second-order valence-electron chi connectivity index (χ2n) is 1.86. The molecule has 0 fully saturated rings. The van der Waals surface area contributed by atoms with Crippen molar-refractivity contribution in [3.63, 3.8) is 0 Å². The van der Waals surface area contributed by atoms with Crippen molar-refractivity contribution in [1.29, 1.82) is 0 Å². The Morgan fingerprint density at radius 2 is 2.00 bits per heavy atom. The van der Waals surface area contributed by atoms with E-state index in [2.05, 4.69) is 5.32 Å². The van der Waals surface area contributed by atoms with E-state index in [4.69, 9.17) is 0 Å². The SMILES string of the molecule is Cl.FC(F)(F)C1=CCNC1. The molecule has 1 N–H and O–H groups in total. The van der Waals surface area contributed by atoms with Crippen LogP contribution in [0.4, 0.5) is 13.2 Å². The summed E-state index contributed by atoms with van der Waals surface area (Å²) in [5, 5.41) is 2.57. The number of halogens is 4. The summed E-state index contributed by atoms with van der Waals surface area (Å²) in [5.41, 5.74) is -0.456. The lowest BCUT2D eigenvalue weighted by molar-refractivity contribution is -0.0918. The van der Waals surface area contributed by atoms with Crippen LogP contribution in [0.5, 0.6) is 0 Å². The highest BCUT2D eigenvalue weighted by Gasteiger charge is 2.34. The predicted molar refractivity (Wildman–Crippen MR) is 34.3 cm³/mol. The largest absolute Gasteiger partial charge is 0.413 e. The van der Waals surface area contributed by atoms with Crippen LogP contribution in [0.1, 0.15) is 0 Å². The summed E-state index contributed by atoms with van der Waals surface area (Å²) in [6, 6.07) is 0. The predicted octanol–water partition coefficient (Wildman–Crippen LogP) is 1.50. The molecule has 1 heterocycles. The number of hydrogen-bond acceptors (Lipinski definition) is 1. The molecule has 0 saturated heterocycles. The first-order valence-electron chi connectivity index (χ1n) is 2.57. The van der Waals surface area contributed by atoms with Crippen LogP contribution in [0.25, 0.3) is 0 Å². The Kier molecular flexibility index (Phi) is 3.18.